The van der Waals surface area contributed by atoms with E-state index in [1.807, 2.05) is 49.6 Å². The maximum absolute atomic E-state index is 12.6. The van der Waals surface area contributed by atoms with Crippen molar-refractivity contribution in [1.82, 2.24) is 9.38 Å². The van der Waals surface area contributed by atoms with Crippen LogP contribution in [0.5, 0.6) is 0 Å². The minimum atomic E-state index is -0.226. The number of amides is 1. The van der Waals surface area contributed by atoms with E-state index in [1.54, 1.807) is 22.4 Å². The molecule has 0 bridgehead atoms. The van der Waals surface area contributed by atoms with E-state index in [2.05, 4.69) is 4.98 Å². The van der Waals surface area contributed by atoms with Crippen molar-refractivity contribution in [1.29, 1.82) is 0 Å². The van der Waals surface area contributed by atoms with Crippen LogP contribution >= 0.6 is 23.1 Å². The van der Waals surface area contributed by atoms with Crippen LogP contribution in [-0.2, 0) is 10.5 Å². The van der Waals surface area contributed by atoms with Crippen LogP contribution in [0.3, 0.4) is 0 Å². The van der Waals surface area contributed by atoms with Crippen LogP contribution < -0.4 is 10.5 Å². The predicted molar refractivity (Wildman–Crippen MR) is 105 cm³/mol. The molecular weight excluding hydrogens is 354 g/mol. The van der Waals surface area contributed by atoms with Gasteiger partial charge in [0.15, 0.2) is 4.96 Å². The Kier molecular flexibility index (Phi) is 5.24. The van der Waals surface area contributed by atoms with Gasteiger partial charge in [-0.05, 0) is 26.0 Å². The van der Waals surface area contributed by atoms with Gasteiger partial charge in [0.2, 0.25) is 5.91 Å². The number of aryl methyl sites for hydroxylation is 1. The summed E-state index contributed by atoms with van der Waals surface area (Å²) < 4.78 is 1.61. The summed E-state index contributed by atoms with van der Waals surface area (Å²) in [6.07, 6.45) is 0. The third-order valence-corrected chi connectivity index (χ3v) is 6.04. The van der Waals surface area contributed by atoms with Crippen LogP contribution in [0, 0.1) is 6.92 Å². The molecule has 0 aliphatic carbocycles. The molecule has 0 fully saturated rings. The molecule has 1 atom stereocenters. The van der Waals surface area contributed by atoms with Crippen molar-refractivity contribution in [3.63, 3.8) is 0 Å². The van der Waals surface area contributed by atoms with Gasteiger partial charge in [-0.3, -0.25) is 14.0 Å². The highest BCUT2D eigenvalue weighted by Gasteiger charge is 2.19. The van der Waals surface area contributed by atoms with Gasteiger partial charge in [-0.2, -0.15) is 0 Å². The number of thiazole rings is 1. The van der Waals surface area contributed by atoms with E-state index < -0.39 is 0 Å². The zero-order valence-electron chi connectivity index (χ0n) is 14.3. The fraction of sp³-hybridized carbons (Fsp3) is 0.278. The summed E-state index contributed by atoms with van der Waals surface area (Å²) in [5.41, 5.74) is 2.40. The van der Waals surface area contributed by atoms with Crippen molar-refractivity contribution in [2.45, 2.75) is 24.9 Å². The van der Waals surface area contributed by atoms with Crippen molar-refractivity contribution in [3.05, 3.63) is 63.5 Å². The molecule has 0 saturated heterocycles. The van der Waals surface area contributed by atoms with Gasteiger partial charge in [-0.25, -0.2) is 4.98 Å². The van der Waals surface area contributed by atoms with E-state index in [1.165, 1.54) is 23.1 Å². The first-order valence-electron chi connectivity index (χ1n) is 7.88. The minimum absolute atomic E-state index is 0.0287. The average molecular weight is 374 g/mol. The number of benzene rings is 1. The predicted octanol–water partition coefficient (Wildman–Crippen LogP) is 3.35. The third-order valence-electron chi connectivity index (χ3n) is 3.93. The van der Waals surface area contributed by atoms with Crippen LogP contribution in [0.1, 0.15) is 18.3 Å². The normalized spacial score (nSPS) is 12.3. The van der Waals surface area contributed by atoms with Crippen molar-refractivity contribution in [2.24, 2.45) is 0 Å². The molecule has 7 heteroatoms. The second kappa shape index (κ2) is 7.41. The van der Waals surface area contributed by atoms with E-state index >= 15 is 0 Å². The number of carbonyl (C=O) groups is 1. The third kappa shape index (κ3) is 3.77. The SMILES string of the molecule is Cc1csc2nc(CS[C@@H](C)C(=O)N(C)c3ccccc3)cc(=O)n12. The Morgan fingerprint density at radius 1 is 1.36 bits per heavy atom. The van der Waals surface area contributed by atoms with Crippen molar-refractivity contribution in [3.8, 4) is 0 Å². The molecule has 2 heterocycles. The fourth-order valence-corrected chi connectivity index (χ4v) is 4.27. The molecule has 2 aromatic heterocycles. The van der Waals surface area contributed by atoms with E-state index in [4.69, 9.17) is 0 Å². The summed E-state index contributed by atoms with van der Waals surface area (Å²) >= 11 is 2.94. The van der Waals surface area contributed by atoms with Gasteiger partial charge in [0.05, 0.1) is 10.9 Å². The van der Waals surface area contributed by atoms with Gasteiger partial charge in [-0.15, -0.1) is 23.1 Å². The molecule has 0 aliphatic rings. The molecule has 130 valence electrons. The van der Waals surface area contributed by atoms with Crippen LogP contribution in [0.4, 0.5) is 5.69 Å². The van der Waals surface area contributed by atoms with Crippen molar-refractivity contribution >= 4 is 39.7 Å². The highest BCUT2D eigenvalue weighted by Crippen LogP contribution is 2.21. The molecule has 5 nitrogen and oxygen atoms in total. The number of para-hydroxylation sites is 1. The lowest BCUT2D eigenvalue weighted by Crippen LogP contribution is -2.33. The number of aromatic nitrogens is 2. The lowest BCUT2D eigenvalue weighted by Gasteiger charge is -2.21. The monoisotopic (exact) mass is 373 g/mol. The Bertz CT molecular complexity index is 950. The van der Waals surface area contributed by atoms with Gasteiger partial charge in [0.25, 0.3) is 5.56 Å². The molecule has 0 radical (unpaired) electrons. The molecule has 0 aliphatic heterocycles. The van der Waals surface area contributed by atoms with Gasteiger partial charge < -0.3 is 4.90 Å². The Morgan fingerprint density at radius 3 is 2.80 bits per heavy atom. The van der Waals surface area contributed by atoms with Crippen LogP contribution in [0.15, 0.2) is 46.6 Å². The number of carbonyl (C=O) groups excluding carboxylic acids is 1. The Balaban J connectivity index is 1.69. The maximum atomic E-state index is 12.6. The second-order valence-electron chi connectivity index (χ2n) is 5.77. The minimum Gasteiger partial charge on any atom is -0.315 e. The molecule has 1 amide bonds. The van der Waals surface area contributed by atoms with Crippen molar-refractivity contribution < 1.29 is 4.79 Å². The standard InChI is InChI=1S/C18H19N3O2S2/c1-12-10-25-18-19-14(9-16(22)21(12)18)11-24-13(2)17(23)20(3)15-7-5-4-6-8-15/h4-10,13H,11H2,1-3H3/t13-/m0/s1. The Hall–Kier alpha value is -2.12. The molecule has 25 heavy (non-hydrogen) atoms. The molecule has 0 unspecified atom stereocenters. The Labute approximate surface area is 154 Å². The van der Waals surface area contributed by atoms with Gasteiger partial charge in [0.1, 0.15) is 0 Å². The first kappa shape index (κ1) is 17.7. The topological polar surface area (TPSA) is 54.7 Å². The summed E-state index contributed by atoms with van der Waals surface area (Å²) in [5.74, 6) is 0.555. The van der Waals surface area contributed by atoms with Crippen LogP contribution in [0.2, 0.25) is 0 Å². The molecule has 3 rings (SSSR count). The first-order valence-corrected chi connectivity index (χ1v) is 9.81. The molecule has 0 spiro atoms. The molecule has 0 N–H and O–H groups in total. The number of hydrogen-bond acceptors (Lipinski definition) is 5. The average Bonchev–Trinajstić information content (AvgIpc) is 3.00. The molecule has 0 saturated carbocycles. The smallest absolute Gasteiger partial charge is 0.258 e. The van der Waals surface area contributed by atoms with Gasteiger partial charge in [0, 0.05) is 35.6 Å². The lowest BCUT2D eigenvalue weighted by atomic mass is 10.3. The number of anilines is 1. The quantitative estimate of drug-likeness (QED) is 0.688. The summed E-state index contributed by atoms with van der Waals surface area (Å²) in [6.45, 7) is 3.77. The maximum Gasteiger partial charge on any atom is 0.258 e. The molecule has 3 aromatic rings. The second-order valence-corrected chi connectivity index (χ2v) is 7.93. The van der Waals surface area contributed by atoms with Crippen molar-refractivity contribution in [2.75, 3.05) is 11.9 Å². The molecular formula is C18H19N3O2S2. The zero-order chi connectivity index (χ0) is 18.0. The highest BCUT2D eigenvalue weighted by molar-refractivity contribution is 7.99. The first-order chi connectivity index (χ1) is 12.0. The largest absolute Gasteiger partial charge is 0.315 e. The zero-order valence-corrected chi connectivity index (χ0v) is 15.9. The summed E-state index contributed by atoms with van der Waals surface area (Å²) in [5, 5.41) is 1.69. The van der Waals surface area contributed by atoms with Crippen LogP contribution in [-0.4, -0.2) is 27.6 Å². The molecule has 1 aromatic carbocycles. The summed E-state index contributed by atoms with van der Waals surface area (Å²) in [7, 11) is 1.78. The number of nitrogens with zero attached hydrogens (tertiary/aromatic N) is 3. The van der Waals surface area contributed by atoms with E-state index in [0.29, 0.717) is 16.4 Å². The van der Waals surface area contributed by atoms with E-state index in [0.717, 1.165) is 11.4 Å². The van der Waals surface area contributed by atoms with Crippen LogP contribution in [0.25, 0.3) is 4.96 Å². The number of rotatable bonds is 5. The fourth-order valence-electron chi connectivity index (χ4n) is 2.51. The van der Waals surface area contributed by atoms with E-state index in [9.17, 15) is 9.59 Å². The highest BCUT2D eigenvalue weighted by atomic mass is 32.2. The summed E-state index contributed by atoms with van der Waals surface area (Å²) in [4.78, 5) is 31.6. The van der Waals surface area contributed by atoms with E-state index in [-0.39, 0.29) is 16.7 Å². The summed E-state index contributed by atoms with van der Waals surface area (Å²) in [6, 6.07) is 11.1. The number of fused-ring (bicyclic) bond motifs is 1. The number of thioether (sulfide) groups is 1. The number of hydrogen-bond donors (Lipinski definition) is 0. The Morgan fingerprint density at radius 2 is 2.08 bits per heavy atom. The lowest BCUT2D eigenvalue weighted by molar-refractivity contribution is -0.117. The van der Waals surface area contributed by atoms with Gasteiger partial charge in [-0.1, -0.05) is 18.2 Å². The van der Waals surface area contributed by atoms with Gasteiger partial charge >= 0.3 is 0 Å².